The molecule has 0 fully saturated rings. The molecule has 5 nitrogen and oxygen atoms in total. The van der Waals surface area contributed by atoms with E-state index in [1.165, 1.54) is 0 Å². The Bertz CT molecular complexity index is 1070. The SMILES string of the molecule is CCOC(=O)C1=C(C)NC2=C(C(=O)C[C@@H](c3ccccc3)C2)[C@@H]1c1cccc(OC)c1. The van der Waals surface area contributed by atoms with Crippen LogP contribution in [0.4, 0.5) is 0 Å². The van der Waals surface area contributed by atoms with Crippen LogP contribution in [0.15, 0.2) is 77.1 Å². The van der Waals surface area contributed by atoms with Crippen LogP contribution in [0.2, 0.25) is 0 Å². The lowest BCUT2D eigenvalue weighted by Gasteiger charge is -2.36. The van der Waals surface area contributed by atoms with Crippen LogP contribution in [0.3, 0.4) is 0 Å². The summed E-state index contributed by atoms with van der Waals surface area (Å²) < 4.78 is 10.8. The molecule has 2 atom stereocenters. The quantitative estimate of drug-likeness (QED) is 0.719. The van der Waals surface area contributed by atoms with Gasteiger partial charge in [0.1, 0.15) is 5.75 Å². The second-order valence-corrected chi connectivity index (χ2v) is 7.93. The van der Waals surface area contributed by atoms with Crippen LogP contribution < -0.4 is 10.1 Å². The van der Waals surface area contributed by atoms with Crippen molar-refractivity contribution >= 4 is 11.8 Å². The van der Waals surface area contributed by atoms with Gasteiger partial charge in [-0.3, -0.25) is 4.79 Å². The molecule has 1 aliphatic carbocycles. The largest absolute Gasteiger partial charge is 0.497 e. The number of Topliss-reactive ketones (excluding diaryl/α,β-unsaturated/α-hetero) is 1. The number of allylic oxidation sites excluding steroid dienone is 3. The van der Waals surface area contributed by atoms with E-state index in [2.05, 4.69) is 17.4 Å². The van der Waals surface area contributed by atoms with E-state index >= 15 is 0 Å². The van der Waals surface area contributed by atoms with Gasteiger partial charge in [0.05, 0.1) is 19.3 Å². The van der Waals surface area contributed by atoms with Crippen molar-refractivity contribution in [2.45, 2.75) is 38.5 Å². The molecule has 0 amide bonds. The lowest BCUT2D eigenvalue weighted by molar-refractivity contribution is -0.138. The van der Waals surface area contributed by atoms with Crippen LogP contribution in [-0.4, -0.2) is 25.5 Å². The van der Waals surface area contributed by atoms with Gasteiger partial charge in [0.25, 0.3) is 0 Å². The molecule has 31 heavy (non-hydrogen) atoms. The average Bonchev–Trinajstić information content (AvgIpc) is 2.78. The molecule has 160 valence electrons. The fourth-order valence-corrected chi connectivity index (χ4v) is 4.63. The highest BCUT2D eigenvalue weighted by atomic mass is 16.5. The van der Waals surface area contributed by atoms with E-state index in [0.717, 1.165) is 28.9 Å². The number of ether oxygens (including phenoxy) is 2. The Balaban J connectivity index is 1.81. The molecule has 0 saturated carbocycles. The fraction of sp³-hybridized carbons (Fsp3) is 0.308. The predicted molar refractivity (Wildman–Crippen MR) is 119 cm³/mol. The number of hydrogen-bond donors (Lipinski definition) is 1. The Hall–Kier alpha value is -3.34. The molecule has 2 aliphatic rings. The van der Waals surface area contributed by atoms with Gasteiger partial charge in [-0.05, 0) is 49.4 Å². The molecule has 0 aromatic heterocycles. The van der Waals surface area contributed by atoms with Gasteiger partial charge >= 0.3 is 5.97 Å². The molecule has 0 unspecified atom stereocenters. The van der Waals surface area contributed by atoms with Crippen LogP contribution in [-0.2, 0) is 14.3 Å². The Morgan fingerprint density at radius 3 is 2.52 bits per heavy atom. The van der Waals surface area contributed by atoms with Crippen LogP contribution in [0.5, 0.6) is 5.75 Å². The van der Waals surface area contributed by atoms with E-state index in [1.54, 1.807) is 14.0 Å². The Morgan fingerprint density at radius 2 is 1.81 bits per heavy atom. The number of carbonyl (C=O) groups is 2. The van der Waals surface area contributed by atoms with Crippen LogP contribution in [0, 0.1) is 0 Å². The number of methoxy groups -OCH3 is 1. The summed E-state index contributed by atoms with van der Waals surface area (Å²) in [5, 5.41) is 3.37. The monoisotopic (exact) mass is 417 g/mol. The van der Waals surface area contributed by atoms with Gasteiger partial charge in [-0.25, -0.2) is 4.79 Å². The van der Waals surface area contributed by atoms with Gasteiger partial charge in [-0.15, -0.1) is 0 Å². The van der Waals surface area contributed by atoms with Crippen LogP contribution >= 0.6 is 0 Å². The molecule has 2 aromatic rings. The normalized spacial score (nSPS) is 20.8. The van der Waals surface area contributed by atoms with Crippen molar-refractivity contribution in [3.05, 3.63) is 88.3 Å². The minimum absolute atomic E-state index is 0.0599. The predicted octanol–water partition coefficient (Wildman–Crippen LogP) is 4.62. The molecule has 1 heterocycles. The Labute approximate surface area is 182 Å². The minimum atomic E-state index is -0.477. The van der Waals surface area contributed by atoms with E-state index in [4.69, 9.17) is 9.47 Å². The lowest BCUT2D eigenvalue weighted by atomic mass is 9.71. The zero-order valence-corrected chi connectivity index (χ0v) is 18.1. The molecule has 0 bridgehead atoms. The summed E-state index contributed by atoms with van der Waals surface area (Å²) in [4.78, 5) is 26.4. The summed E-state index contributed by atoms with van der Waals surface area (Å²) in [5.41, 5.74) is 4.77. The maximum atomic E-state index is 13.5. The fourth-order valence-electron chi connectivity index (χ4n) is 4.63. The second kappa shape index (κ2) is 8.80. The minimum Gasteiger partial charge on any atom is -0.497 e. The van der Waals surface area contributed by atoms with E-state index in [-0.39, 0.29) is 18.3 Å². The van der Waals surface area contributed by atoms with Crippen molar-refractivity contribution in [3.8, 4) is 5.75 Å². The number of dihydropyridines is 1. The van der Waals surface area contributed by atoms with Crippen LogP contribution in [0.25, 0.3) is 0 Å². The first-order valence-corrected chi connectivity index (χ1v) is 10.6. The lowest BCUT2D eigenvalue weighted by Crippen LogP contribution is -2.36. The maximum Gasteiger partial charge on any atom is 0.336 e. The smallest absolute Gasteiger partial charge is 0.336 e. The zero-order chi connectivity index (χ0) is 22.0. The summed E-state index contributed by atoms with van der Waals surface area (Å²) in [6.45, 7) is 3.93. The molecule has 2 aromatic carbocycles. The van der Waals surface area contributed by atoms with E-state index in [1.807, 2.05) is 49.4 Å². The van der Waals surface area contributed by atoms with E-state index < -0.39 is 11.9 Å². The Kier molecular flexibility index (Phi) is 5.94. The molecular weight excluding hydrogens is 390 g/mol. The molecule has 4 rings (SSSR count). The third kappa shape index (κ3) is 4.00. The number of esters is 1. The van der Waals surface area contributed by atoms with Crippen molar-refractivity contribution in [3.63, 3.8) is 0 Å². The van der Waals surface area contributed by atoms with Crippen molar-refractivity contribution < 1.29 is 19.1 Å². The van der Waals surface area contributed by atoms with E-state index in [0.29, 0.717) is 23.3 Å². The van der Waals surface area contributed by atoms with E-state index in [9.17, 15) is 9.59 Å². The first-order valence-electron chi connectivity index (χ1n) is 10.6. The number of rotatable bonds is 5. The van der Waals surface area contributed by atoms with Gasteiger partial charge in [0, 0.05) is 29.3 Å². The molecule has 0 radical (unpaired) electrons. The number of hydrogen-bond acceptors (Lipinski definition) is 5. The van der Waals surface area contributed by atoms with Crippen molar-refractivity contribution in [2.75, 3.05) is 13.7 Å². The third-order valence-corrected chi connectivity index (χ3v) is 6.02. The highest BCUT2D eigenvalue weighted by Crippen LogP contribution is 2.46. The summed E-state index contributed by atoms with van der Waals surface area (Å²) in [7, 11) is 1.61. The topological polar surface area (TPSA) is 64.6 Å². The number of nitrogens with one attached hydrogen (secondary N) is 1. The molecule has 0 spiro atoms. The van der Waals surface area contributed by atoms with Crippen molar-refractivity contribution in [2.24, 2.45) is 0 Å². The molecule has 0 saturated heterocycles. The summed E-state index contributed by atoms with van der Waals surface area (Å²) >= 11 is 0. The average molecular weight is 418 g/mol. The molecule has 1 aliphatic heterocycles. The molecule has 1 N–H and O–H groups in total. The van der Waals surface area contributed by atoms with Crippen LogP contribution in [0.1, 0.15) is 49.7 Å². The highest BCUT2D eigenvalue weighted by Gasteiger charge is 2.41. The van der Waals surface area contributed by atoms with Crippen molar-refractivity contribution in [1.82, 2.24) is 5.32 Å². The van der Waals surface area contributed by atoms with Gasteiger partial charge in [0.15, 0.2) is 5.78 Å². The molecular formula is C26H27NO4. The summed E-state index contributed by atoms with van der Waals surface area (Å²) in [6.07, 6.45) is 1.14. The van der Waals surface area contributed by atoms with Gasteiger partial charge in [-0.1, -0.05) is 42.5 Å². The van der Waals surface area contributed by atoms with Gasteiger partial charge in [-0.2, -0.15) is 0 Å². The number of ketones is 1. The van der Waals surface area contributed by atoms with Gasteiger partial charge in [0.2, 0.25) is 0 Å². The summed E-state index contributed by atoms with van der Waals surface area (Å²) in [6, 6.07) is 17.7. The number of benzene rings is 2. The molecule has 5 heteroatoms. The van der Waals surface area contributed by atoms with Gasteiger partial charge < -0.3 is 14.8 Å². The third-order valence-electron chi connectivity index (χ3n) is 6.02. The maximum absolute atomic E-state index is 13.5. The zero-order valence-electron chi connectivity index (χ0n) is 18.1. The first-order chi connectivity index (χ1) is 15.0. The number of carbonyl (C=O) groups excluding carboxylic acids is 2. The summed E-state index contributed by atoms with van der Waals surface area (Å²) in [5.74, 6) is -0.0171. The highest BCUT2D eigenvalue weighted by molar-refractivity contribution is 6.04. The first kappa shape index (κ1) is 20.9. The Morgan fingerprint density at radius 1 is 1.06 bits per heavy atom. The second-order valence-electron chi connectivity index (χ2n) is 7.93. The van der Waals surface area contributed by atoms with Crippen molar-refractivity contribution in [1.29, 1.82) is 0 Å². The standard InChI is InChI=1S/C26H27NO4/c1-4-31-26(29)23-16(2)27-21-14-19(17-9-6-5-7-10-17)15-22(28)25(21)24(23)18-11-8-12-20(13-18)30-3/h5-13,19,24,27H,4,14-15H2,1-3H3/t19-,24+/m0/s1.